The van der Waals surface area contributed by atoms with E-state index < -0.39 is 0 Å². The second-order valence-corrected chi connectivity index (χ2v) is 8.43. The van der Waals surface area contributed by atoms with Crippen molar-refractivity contribution in [1.29, 1.82) is 0 Å². The van der Waals surface area contributed by atoms with Gasteiger partial charge in [-0.3, -0.25) is 15.0 Å². The van der Waals surface area contributed by atoms with Gasteiger partial charge in [-0.1, -0.05) is 42.2 Å². The summed E-state index contributed by atoms with van der Waals surface area (Å²) in [5, 5.41) is 11.2. The molecule has 0 spiro atoms. The van der Waals surface area contributed by atoms with Crippen LogP contribution in [0.4, 0.5) is 5.00 Å². The lowest BCUT2D eigenvalue weighted by Gasteiger charge is -2.30. The van der Waals surface area contributed by atoms with Crippen LogP contribution in [0.5, 0.6) is 0 Å². The molecule has 0 saturated heterocycles. The zero-order valence-corrected chi connectivity index (χ0v) is 15.2. The summed E-state index contributed by atoms with van der Waals surface area (Å²) in [4.78, 5) is 14.3. The van der Waals surface area contributed by atoms with E-state index in [2.05, 4.69) is 11.0 Å². The maximum Gasteiger partial charge on any atom is 0.324 e. The van der Waals surface area contributed by atoms with Crippen LogP contribution in [0.2, 0.25) is 0 Å². The van der Waals surface area contributed by atoms with Crippen LogP contribution < -0.4 is 0 Å². The van der Waals surface area contributed by atoms with Crippen molar-refractivity contribution in [1.82, 2.24) is 4.90 Å². The van der Waals surface area contributed by atoms with Gasteiger partial charge in [0.05, 0.1) is 4.92 Å². The topological polar surface area (TPSA) is 46.4 Å². The van der Waals surface area contributed by atoms with Gasteiger partial charge in [0.25, 0.3) is 0 Å². The van der Waals surface area contributed by atoms with E-state index in [9.17, 15) is 10.1 Å². The Morgan fingerprint density at radius 1 is 1.12 bits per heavy atom. The summed E-state index contributed by atoms with van der Waals surface area (Å²) in [5.41, 5.74) is 1.57. The Labute approximate surface area is 148 Å². The minimum absolute atomic E-state index is 0.263. The molecular weight excluding hydrogens is 320 g/mol. The Bertz CT molecular complexity index is 576. The van der Waals surface area contributed by atoms with Crippen molar-refractivity contribution in [2.75, 3.05) is 13.1 Å². The largest absolute Gasteiger partial charge is 0.324 e. The molecule has 0 aliphatic heterocycles. The molecule has 2 aliphatic rings. The van der Waals surface area contributed by atoms with Crippen molar-refractivity contribution in [2.24, 2.45) is 5.92 Å². The summed E-state index contributed by atoms with van der Waals surface area (Å²) >= 11 is 1.33. The Kier molecular flexibility index (Phi) is 6.44. The van der Waals surface area contributed by atoms with Crippen molar-refractivity contribution in [3.63, 3.8) is 0 Å². The zero-order chi connectivity index (χ0) is 16.8. The molecule has 0 amide bonds. The fourth-order valence-corrected chi connectivity index (χ4v) is 4.89. The van der Waals surface area contributed by atoms with Crippen LogP contribution in [0.3, 0.4) is 0 Å². The van der Waals surface area contributed by atoms with Gasteiger partial charge in [-0.2, -0.15) is 0 Å². The third-order valence-electron chi connectivity index (χ3n) is 5.26. The molecule has 1 aromatic rings. The summed E-state index contributed by atoms with van der Waals surface area (Å²) in [5.74, 6) is 0.804. The lowest BCUT2D eigenvalue weighted by atomic mass is 9.88. The van der Waals surface area contributed by atoms with E-state index in [4.69, 9.17) is 0 Å². The Balaban J connectivity index is 1.64. The highest BCUT2D eigenvalue weighted by Crippen LogP contribution is 2.29. The number of hydrogen-bond donors (Lipinski definition) is 0. The molecule has 24 heavy (non-hydrogen) atoms. The van der Waals surface area contributed by atoms with E-state index in [1.54, 1.807) is 11.6 Å². The first-order valence-electron chi connectivity index (χ1n) is 9.34. The van der Waals surface area contributed by atoms with Gasteiger partial charge in [-0.05, 0) is 50.5 Å². The predicted molar refractivity (Wildman–Crippen MR) is 99.4 cm³/mol. The number of nitro groups is 1. The maximum atomic E-state index is 10.9. The maximum absolute atomic E-state index is 10.9. The third-order valence-corrected chi connectivity index (χ3v) is 6.28. The SMILES string of the molecule is O=[N+]([O-])c1ccc(CN(CC2=CCCCC2)CC2CCCCC2)s1. The van der Waals surface area contributed by atoms with E-state index in [-0.39, 0.29) is 9.92 Å². The summed E-state index contributed by atoms with van der Waals surface area (Å²) < 4.78 is 0. The van der Waals surface area contributed by atoms with Gasteiger partial charge in [-0.15, -0.1) is 0 Å². The van der Waals surface area contributed by atoms with Crippen molar-refractivity contribution in [2.45, 2.75) is 64.3 Å². The van der Waals surface area contributed by atoms with Gasteiger partial charge < -0.3 is 0 Å². The predicted octanol–water partition coefficient (Wildman–Crippen LogP) is 5.54. The first kappa shape index (κ1) is 17.6. The van der Waals surface area contributed by atoms with E-state index in [0.29, 0.717) is 0 Å². The molecule has 4 nitrogen and oxygen atoms in total. The summed E-state index contributed by atoms with van der Waals surface area (Å²) in [7, 11) is 0. The molecule has 1 heterocycles. The van der Waals surface area contributed by atoms with Crippen molar-refractivity contribution in [3.05, 3.63) is 38.8 Å². The Morgan fingerprint density at radius 2 is 1.96 bits per heavy atom. The number of nitrogens with zero attached hydrogens (tertiary/aromatic N) is 2. The Hall–Kier alpha value is -1.20. The highest BCUT2D eigenvalue weighted by molar-refractivity contribution is 7.15. The molecule has 132 valence electrons. The highest BCUT2D eigenvalue weighted by Gasteiger charge is 2.20. The van der Waals surface area contributed by atoms with Gasteiger partial charge >= 0.3 is 5.00 Å². The molecule has 0 unspecified atom stereocenters. The van der Waals surface area contributed by atoms with Gasteiger partial charge in [0.1, 0.15) is 0 Å². The van der Waals surface area contributed by atoms with E-state index in [1.807, 2.05) is 6.07 Å². The fourth-order valence-electron chi connectivity index (χ4n) is 4.03. The fraction of sp³-hybridized carbons (Fsp3) is 0.684. The summed E-state index contributed by atoms with van der Waals surface area (Å²) in [6, 6.07) is 3.59. The van der Waals surface area contributed by atoms with E-state index in [0.717, 1.165) is 30.4 Å². The molecule has 2 aliphatic carbocycles. The normalized spacial score (nSPS) is 19.5. The van der Waals surface area contributed by atoms with Crippen LogP contribution in [0, 0.1) is 16.0 Å². The van der Waals surface area contributed by atoms with Crippen molar-refractivity contribution >= 4 is 16.3 Å². The highest BCUT2D eigenvalue weighted by atomic mass is 32.1. The minimum atomic E-state index is -0.274. The van der Waals surface area contributed by atoms with Crippen LogP contribution in [0.1, 0.15) is 62.7 Å². The average Bonchev–Trinajstić information content (AvgIpc) is 3.05. The molecule has 3 rings (SSSR count). The second kappa shape index (κ2) is 8.77. The van der Waals surface area contributed by atoms with Crippen LogP contribution in [-0.4, -0.2) is 22.9 Å². The number of hydrogen-bond acceptors (Lipinski definition) is 4. The minimum Gasteiger partial charge on any atom is -0.294 e. The van der Waals surface area contributed by atoms with Gasteiger partial charge in [0.15, 0.2) is 0 Å². The first-order valence-corrected chi connectivity index (χ1v) is 10.2. The lowest BCUT2D eigenvalue weighted by molar-refractivity contribution is -0.380. The van der Waals surface area contributed by atoms with E-state index in [1.165, 1.54) is 69.1 Å². The van der Waals surface area contributed by atoms with Crippen LogP contribution >= 0.6 is 11.3 Å². The second-order valence-electron chi connectivity index (χ2n) is 7.28. The molecule has 1 saturated carbocycles. The molecule has 0 radical (unpaired) electrons. The van der Waals surface area contributed by atoms with Crippen LogP contribution in [0.15, 0.2) is 23.8 Å². The smallest absolute Gasteiger partial charge is 0.294 e. The first-order chi connectivity index (χ1) is 11.7. The number of allylic oxidation sites excluding steroid dienone is 1. The monoisotopic (exact) mass is 348 g/mol. The number of thiophene rings is 1. The quantitative estimate of drug-likeness (QED) is 0.369. The zero-order valence-electron chi connectivity index (χ0n) is 14.4. The molecule has 0 atom stereocenters. The molecule has 5 heteroatoms. The standard InChI is InChI=1S/C19H28N2O2S/c22-21(23)19-12-11-18(24-19)15-20(13-16-7-3-1-4-8-16)14-17-9-5-2-6-10-17/h7,11-12,17H,1-6,8-10,13-15H2. The summed E-state index contributed by atoms with van der Waals surface area (Å²) in [6.07, 6.45) is 14.3. The molecule has 1 fully saturated rings. The molecular formula is C19H28N2O2S. The van der Waals surface area contributed by atoms with Gasteiger partial charge in [-0.25, -0.2) is 0 Å². The van der Waals surface area contributed by atoms with Crippen LogP contribution in [0.25, 0.3) is 0 Å². The average molecular weight is 349 g/mol. The molecule has 0 aromatic carbocycles. The van der Waals surface area contributed by atoms with E-state index >= 15 is 0 Å². The Morgan fingerprint density at radius 3 is 2.62 bits per heavy atom. The van der Waals surface area contributed by atoms with Gasteiger partial charge in [0.2, 0.25) is 0 Å². The summed E-state index contributed by atoms with van der Waals surface area (Å²) in [6.45, 7) is 3.04. The van der Waals surface area contributed by atoms with Crippen LogP contribution in [-0.2, 0) is 6.54 Å². The molecule has 0 bridgehead atoms. The van der Waals surface area contributed by atoms with Crippen molar-refractivity contribution < 1.29 is 4.92 Å². The molecule has 0 N–H and O–H groups in total. The van der Waals surface area contributed by atoms with Gasteiger partial charge in [0, 0.05) is 30.6 Å². The van der Waals surface area contributed by atoms with Crippen molar-refractivity contribution in [3.8, 4) is 0 Å². The number of rotatable bonds is 7. The molecule has 1 aromatic heterocycles. The third kappa shape index (κ3) is 5.15. The lowest BCUT2D eigenvalue weighted by Crippen LogP contribution is -2.32.